The van der Waals surface area contributed by atoms with Crippen molar-refractivity contribution >= 4 is 17.5 Å². The van der Waals surface area contributed by atoms with Gasteiger partial charge in [-0.25, -0.2) is 4.68 Å². The molecule has 33 heavy (non-hydrogen) atoms. The Kier molecular flexibility index (Phi) is 6.76. The first-order valence-electron chi connectivity index (χ1n) is 11.1. The van der Waals surface area contributed by atoms with Crippen LogP contribution in [-0.4, -0.2) is 26.6 Å². The third-order valence-electron chi connectivity index (χ3n) is 5.52. The van der Waals surface area contributed by atoms with Gasteiger partial charge < -0.3 is 16.0 Å². The van der Waals surface area contributed by atoms with Gasteiger partial charge in [0.2, 0.25) is 0 Å². The fraction of sp³-hybridized carbons (Fsp3) is 0.440. The number of carbonyl (C=O) groups excluding carboxylic acids is 2. The van der Waals surface area contributed by atoms with Crippen LogP contribution in [0.15, 0.2) is 34.9 Å². The summed E-state index contributed by atoms with van der Waals surface area (Å²) in [6.07, 6.45) is 0.966. The van der Waals surface area contributed by atoms with Crippen LogP contribution in [0.25, 0.3) is 11.3 Å². The van der Waals surface area contributed by atoms with E-state index in [0.717, 1.165) is 17.7 Å². The third-order valence-corrected chi connectivity index (χ3v) is 5.52. The van der Waals surface area contributed by atoms with Gasteiger partial charge >= 0.3 is 0 Å². The highest BCUT2D eigenvalue weighted by Crippen LogP contribution is 2.30. The van der Waals surface area contributed by atoms with Crippen molar-refractivity contribution in [2.45, 2.75) is 66.3 Å². The van der Waals surface area contributed by atoms with E-state index in [2.05, 4.69) is 31.0 Å². The smallest absolute Gasteiger partial charge is 0.254 e. The summed E-state index contributed by atoms with van der Waals surface area (Å²) >= 11 is 0. The van der Waals surface area contributed by atoms with E-state index in [9.17, 15) is 9.59 Å². The molecule has 2 heterocycles. The van der Waals surface area contributed by atoms with E-state index < -0.39 is 5.91 Å². The first-order valence-corrected chi connectivity index (χ1v) is 11.1. The number of benzene rings is 1. The topological polar surface area (TPSA) is 130 Å². The zero-order valence-electron chi connectivity index (χ0n) is 20.2. The van der Waals surface area contributed by atoms with Gasteiger partial charge in [0.15, 0.2) is 0 Å². The number of ketones is 1. The van der Waals surface area contributed by atoms with E-state index in [-0.39, 0.29) is 41.0 Å². The number of amides is 1. The normalized spacial score (nSPS) is 12.8. The van der Waals surface area contributed by atoms with Crippen molar-refractivity contribution in [1.82, 2.24) is 14.9 Å². The molecule has 0 radical (unpaired) electrons. The van der Waals surface area contributed by atoms with Crippen LogP contribution in [-0.2, 0) is 17.6 Å². The van der Waals surface area contributed by atoms with E-state index in [1.54, 1.807) is 4.68 Å². The monoisotopic (exact) mass is 451 g/mol. The molecular weight excluding hydrogens is 418 g/mol. The molecule has 8 nitrogen and oxygen atoms in total. The van der Waals surface area contributed by atoms with Gasteiger partial charge in [0, 0.05) is 23.6 Å². The first kappa shape index (κ1) is 24.2. The highest BCUT2D eigenvalue weighted by Gasteiger charge is 2.24. The predicted octanol–water partition coefficient (Wildman–Crippen LogP) is 4.30. The number of Topliss-reactive ketones (excluding diaryl/α,β-unsaturated/α-hetero) is 1. The van der Waals surface area contributed by atoms with Crippen molar-refractivity contribution < 1.29 is 14.1 Å². The lowest BCUT2D eigenvalue weighted by atomic mass is 9.90. The molecule has 0 aliphatic heterocycles. The maximum atomic E-state index is 12.8. The van der Waals surface area contributed by atoms with Crippen LogP contribution < -0.4 is 11.5 Å². The number of hydrogen-bond donors (Lipinski definition) is 2. The number of anilines is 1. The summed E-state index contributed by atoms with van der Waals surface area (Å²) < 4.78 is 6.96. The summed E-state index contributed by atoms with van der Waals surface area (Å²) in [6.45, 7) is 12.1. The standard InChI is InChI=1S/C25H33N5O3/c1-14(2)30-23(26)21(24(27)32)22(28-30)17-9-7-16(8-10-17)15(3)20(31)12-19-11-18(29-33-19)13-25(4,5)6/h7-11,14-15H,12-13,26H2,1-6H3,(H2,27,32). The second-order valence-electron chi connectivity index (χ2n) is 10.0. The zero-order chi connectivity index (χ0) is 24.5. The Balaban J connectivity index is 1.77. The van der Waals surface area contributed by atoms with Crippen LogP contribution >= 0.6 is 0 Å². The lowest BCUT2D eigenvalue weighted by Crippen LogP contribution is -2.15. The molecule has 1 amide bonds. The molecule has 0 aliphatic rings. The number of rotatable bonds is 8. The van der Waals surface area contributed by atoms with E-state index in [0.29, 0.717) is 17.0 Å². The van der Waals surface area contributed by atoms with Gasteiger partial charge in [-0.3, -0.25) is 9.59 Å². The van der Waals surface area contributed by atoms with Gasteiger partial charge in [0.05, 0.1) is 12.1 Å². The Hall–Kier alpha value is -3.42. The summed E-state index contributed by atoms with van der Waals surface area (Å²) in [6, 6.07) is 9.22. The van der Waals surface area contributed by atoms with Gasteiger partial charge in [0.25, 0.3) is 5.91 Å². The van der Waals surface area contributed by atoms with E-state index >= 15 is 0 Å². The summed E-state index contributed by atoms with van der Waals surface area (Å²) in [7, 11) is 0. The molecule has 0 spiro atoms. The van der Waals surface area contributed by atoms with Crippen LogP contribution in [0.2, 0.25) is 0 Å². The van der Waals surface area contributed by atoms with Crippen LogP contribution in [0.4, 0.5) is 5.82 Å². The Morgan fingerprint density at radius 3 is 2.30 bits per heavy atom. The Morgan fingerprint density at radius 2 is 1.76 bits per heavy atom. The second-order valence-corrected chi connectivity index (χ2v) is 10.0. The Bertz CT molecular complexity index is 1150. The molecule has 0 bridgehead atoms. The van der Waals surface area contributed by atoms with Gasteiger partial charge in [-0.05, 0) is 31.2 Å². The van der Waals surface area contributed by atoms with E-state index in [4.69, 9.17) is 16.0 Å². The Morgan fingerprint density at radius 1 is 1.12 bits per heavy atom. The average molecular weight is 452 g/mol. The van der Waals surface area contributed by atoms with Crippen molar-refractivity contribution in [3.63, 3.8) is 0 Å². The lowest BCUT2D eigenvalue weighted by Gasteiger charge is -2.15. The highest BCUT2D eigenvalue weighted by molar-refractivity contribution is 6.03. The molecule has 176 valence electrons. The molecule has 0 fully saturated rings. The van der Waals surface area contributed by atoms with E-state index in [1.165, 1.54) is 0 Å². The van der Waals surface area contributed by atoms with Crippen molar-refractivity contribution in [1.29, 1.82) is 0 Å². The number of nitrogens with zero attached hydrogens (tertiary/aromatic N) is 3. The minimum absolute atomic E-state index is 0.0197. The molecule has 3 rings (SSSR count). The molecule has 1 aromatic carbocycles. The quantitative estimate of drug-likeness (QED) is 0.525. The molecule has 4 N–H and O–H groups in total. The Labute approximate surface area is 194 Å². The highest BCUT2D eigenvalue weighted by atomic mass is 16.5. The van der Waals surface area contributed by atoms with Gasteiger partial charge in [-0.15, -0.1) is 0 Å². The summed E-state index contributed by atoms with van der Waals surface area (Å²) in [5, 5.41) is 8.59. The molecule has 3 aromatic rings. The number of aromatic nitrogens is 3. The molecule has 0 saturated heterocycles. The van der Waals surface area contributed by atoms with Crippen LogP contribution in [0.3, 0.4) is 0 Å². The average Bonchev–Trinajstić information content (AvgIpc) is 3.29. The minimum atomic E-state index is -0.625. The second kappa shape index (κ2) is 9.21. The maximum absolute atomic E-state index is 12.8. The van der Waals surface area contributed by atoms with Crippen LogP contribution in [0.5, 0.6) is 0 Å². The fourth-order valence-electron chi connectivity index (χ4n) is 3.79. The molecular formula is C25H33N5O3. The maximum Gasteiger partial charge on any atom is 0.254 e. The number of nitrogens with two attached hydrogens (primary N) is 2. The lowest BCUT2D eigenvalue weighted by molar-refractivity contribution is -0.119. The third kappa shape index (κ3) is 5.50. The largest absolute Gasteiger partial charge is 0.383 e. The van der Waals surface area contributed by atoms with Gasteiger partial charge in [-0.1, -0.05) is 57.1 Å². The van der Waals surface area contributed by atoms with Crippen molar-refractivity contribution in [2.75, 3.05) is 5.73 Å². The SMILES string of the molecule is CC(C(=O)Cc1cc(CC(C)(C)C)no1)c1ccc(-c2nn(C(C)C)c(N)c2C(N)=O)cc1. The van der Waals surface area contributed by atoms with Gasteiger partial charge in [0.1, 0.15) is 28.6 Å². The summed E-state index contributed by atoms with van der Waals surface area (Å²) in [4.78, 5) is 24.8. The molecule has 1 unspecified atom stereocenters. The number of nitrogen functional groups attached to an aromatic ring is 1. The number of hydrogen-bond acceptors (Lipinski definition) is 6. The number of primary amides is 1. The summed E-state index contributed by atoms with van der Waals surface area (Å²) in [5.74, 6) is -0.0991. The van der Waals surface area contributed by atoms with Crippen molar-refractivity contribution in [2.24, 2.45) is 11.1 Å². The van der Waals surface area contributed by atoms with Crippen molar-refractivity contribution in [3.8, 4) is 11.3 Å². The van der Waals surface area contributed by atoms with Gasteiger partial charge in [-0.2, -0.15) is 5.10 Å². The zero-order valence-corrected chi connectivity index (χ0v) is 20.2. The van der Waals surface area contributed by atoms with Crippen LogP contribution in [0.1, 0.15) is 80.9 Å². The first-order chi connectivity index (χ1) is 15.4. The minimum Gasteiger partial charge on any atom is -0.383 e. The summed E-state index contributed by atoms with van der Waals surface area (Å²) in [5.41, 5.74) is 14.8. The van der Waals surface area contributed by atoms with Crippen LogP contribution in [0, 0.1) is 5.41 Å². The van der Waals surface area contributed by atoms with Crippen molar-refractivity contribution in [3.05, 3.63) is 52.9 Å². The molecule has 1 atom stereocenters. The van der Waals surface area contributed by atoms with E-state index in [1.807, 2.05) is 51.1 Å². The molecule has 8 heteroatoms. The fourth-order valence-corrected chi connectivity index (χ4v) is 3.79. The molecule has 0 saturated carbocycles. The predicted molar refractivity (Wildman–Crippen MR) is 128 cm³/mol. The number of carbonyl (C=O) groups is 2. The molecule has 0 aliphatic carbocycles. The molecule has 2 aromatic heterocycles.